The SMILES string of the molecule is CC(=O)Oc1ccc(CCNc2nnc(CCCl)[se]2)cc1OC(C)=O. The molecule has 2 aromatic rings. The number of aryl methyl sites for hydroxylation is 1. The molecule has 1 aromatic carbocycles. The van der Waals surface area contributed by atoms with Crippen LogP contribution in [0.4, 0.5) is 4.69 Å². The van der Waals surface area contributed by atoms with Crippen LogP contribution in [0, 0.1) is 0 Å². The van der Waals surface area contributed by atoms with Crippen LogP contribution in [-0.4, -0.2) is 49.1 Å². The summed E-state index contributed by atoms with van der Waals surface area (Å²) in [4.78, 5) is 22.3. The van der Waals surface area contributed by atoms with Gasteiger partial charge in [-0.1, -0.05) is 0 Å². The number of benzene rings is 1. The van der Waals surface area contributed by atoms with E-state index in [1.165, 1.54) is 13.8 Å². The zero-order valence-corrected chi connectivity index (χ0v) is 16.3. The predicted molar refractivity (Wildman–Crippen MR) is 94.6 cm³/mol. The molecule has 25 heavy (non-hydrogen) atoms. The third kappa shape index (κ3) is 6.49. The van der Waals surface area contributed by atoms with Crippen molar-refractivity contribution in [3.8, 4) is 11.5 Å². The molecule has 134 valence electrons. The molecule has 9 heteroatoms. The minimum absolute atomic E-state index is 0.108. The Morgan fingerprint density at radius 3 is 2.52 bits per heavy atom. The summed E-state index contributed by atoms with van der Waals surface area (Å²) in [6.45, 7) is 3.25. The van der Waals surface area contributed by atoms with Gasteiger partial charge >= 0.3 is 156 Å². The monoisotopic (exact) mass is 431 g/mol. The van der Waals surface area contributed by atoms with Gasteiger partial charge in [0.1, 0.15) is 0 Å². The molecule has 0 aliphatic heterocycles. The summed E-state index contributed by atoms with van der Waals surface area (Å²) in [5.74, 6) is 0.0573. The van der Waals surface area contributed by atoms with Crippen molar-refractivity contribution < 1.29 is 19.1 Å². The Kier molecular flexibility index (Phi) is 7.43. The normalized spacial score (nSPS) is 10.4. The summed E-state index contributed by atoms with van der Waals surface area (Å²) < 4.78 is 12.1. The van der Waals surface area contributed by atoms with Crippen LogP contribution in [0.25, 0.3) is 0 Å². The third-order valence-electron chi connectivity index (χ3n) is 2.98. The molecule has 0 spiro atoms. The topological polar surface area (TPSA) is 90.4 Å². The number of nitrogens with one attached hydrogen (secondary N) is 1. The quantitative estimate of drug-likeness (QED) is 0.296. The van der Waals surface area contributed by atoms with Gasteiger partial charge in [0, 0.05) is 0 Å². The number of esters is 2. The van der Waals surface area contributed by atoms with Crippen molar-refractivity contribution in [3.05, 3.63) is 28.3 Å². The van der Waals surface area contributed by atoms with Gasteiger partial charge in [0.05, 0.1) is 0 Å². The van der Waals surface area contributed by atoms with Gasteiger partial charge in [0.15, 0.2) is 0 Å². The summed E-state index contributed by atoms with van der Waals surface area (Å²) in [5, 5.41) is 11.5. The predicted octanol–water partition coefficient (Wildman–Crippen LogP) is 1.82. The minimum atomic E-state index is -0.476. The van der Waals surface area contributed by atoms with Gasteiger partial charge in [-0.05, 0) is 0 Å². The van der Waals surface area contributed by atoms with Crippen LogP contribution in [0.3, 0.4) is 0 Å². The Balaban J connectivity index is 1.98. The number of anilines is 1. The molecule has 7 nitrogen and oxygen atoms in total. The number of carbonyl (C=O) groups is 2. The van der Waals surface area contributed by atoms with Crippen molar-refractivity contribution in [2.75, 3.05) is 17.7 Å². The maximum atomic E-state index is 11.2. The standard InChI is InChI=1S/C16H18ClN3O4Se/c1-10(21)23-13-4-3-12(9-14(13)24-11(2)22)6-8-18-16-20-19-15(25-16)5-7-17/h3-4,9H,5-8H2,1-2H3,(H,18,20). The summed E-state index contributed by atoms with van der Waals surface area (Å²) in [5.41, 5.74) is 0.938. The molecule has 0 saturated carbocycles. The Morgan fingerprint density at radius 2 is 1.84 bits per heavy atom. The average Bonchev–Trinajstić information content (AvgIpc) is 2.97. The molecule has 0 atom stereocenters. The Bertz CT molecular complexity index is 751. The van der Waals surface area contributed by atoms with Crippen molar-refractivity contribution in [1.29, 1.82) is 0 Å². The molecule has 0 bridgehead atoms. The molecule has 1 heterocycles. The fraction of sp³-hybridized carbons (Fsp3) is 0.375. The van der Waals surface area contributed by atoms with E-state index in [-0.39, 0.29) is 26.0 Å². The van der Waals surface area contributed by atoms with Gasteiger partial charge in [-0.3, -0.25) is 0 Å². The first kappa shape index (κ1) is 19.4. The number of carbonyl (C=O) groups excluding carboxylic acids is 2. The van der Waals surface area contributed by atoms with Crippen LogP contribution in [0.2, 0.25) is 0 Å². The number of halogens is 1. The van der Waals surface area contributed by atoms with Gasteiger partial charge in [-0.25, -0.2) is 0 Å². The number of rotatable bonds is 8. The number of hydrogen-bond acceptors (Lipinski definition) is 7. The third-order valence-corrected chi connectivity index (χ3v) is 5.14. The molecule has 0 radical (unpaired) electrons. The molecular weight excluding hydrogens is 413 g/mol. The summed E-state index contributed by atoms with van der Waals surface area (Å²) in [7, 11) is 0. The Labute approximate surface area is 156 Å². The second-order valence-electron chi connectivity index (χ2n) is 5.09. The average molecular weight is 431 g/mol. The van der Waals surface area contributed by atoms with Crippen LogP contribution in [0.1, 0.15) is 24.0 Å². The van der Waals surface area contributed by atoms with Crippen LogP contribution in [0.15, 0.2) is 18.2 Å². The van der Waals surface area contributed by atoms with Crippen LogP contribution < -0.4 is 14.8 Å². The number of hydrogen-bond donors (Lipinski definition) is 1. The zero-order chi connectivity index (χ0) is 18.2. The van der Waals surface area contributed by atoms with E-state index in [2.05, 4.69) is 15.5 Å². The Morgan fingerprint density at radius 1 is 1.12 bits per heavy atom. The van der Waals surface area contributed by atoms with Crippen molar-refractivity contribution >= 4 is 42.7 Å². The molecule has 0 fully saturated rings. The number of ether oxygens (including phenoxy) is 2. The fourth-order valence-corrected chi connectivity index (χ4v) is 4.04. The molecule has 0 amide bonds. The molecular formula is C16H18ClN3O4Se. The van der Waals surface area contributed by atoms with E-state index >= 15 is 0 Å². The number of aromatic nitrogens is 2. The summed E-state index contributed by atoms with van der Waals surface area (Å²) >= 11 is 5.81. The number of nitrogens with zero attached hydrogens (tertiary/aromatic N) is 2. The second-order valence-corrected chi connectivity index (χ2v) is 7.69. The summed E-state index contributed by atoms with van der Waals surface area (Å²) in [6, 6.07) is 5.13. The molecule has 0 aliphatic carbocycles. The molecule has 0 saturated heterocycles. The first-order chi connectivity index (χ1) is 12.0. The summed E-state index contributed by atoms with van der Waals surface area (Å²) in [6.07, 6.45) is 1.45. The van der Waals surface area contributed by atoms with Crippen molar-refractivity contribution in [3.63, 3.8) is 0 Å². The zero-order valence-electron chi connectivity index (χ0n) is 13.9. The van der Waals surface area contributed by atoms with E-state index in [0.717, 1.165) is 21.2 Å². The molecule has 0 unspecified atom stereocenters. The van der Waals surface area contributed by atoms with Gasteiger partial charge in [0.2, 0.25) is 0 Å². The van der Waals surface area contributed by atoms with Gasteiger partial charge in [0.25, 0.3) is 0 Å². The van der Waals surface area contributed by atoms with Crippen LogP contribution >= 0.6 is 11.6 Å². The fourth-order valence-electron chi connectivity index (χ4n) is 2.00. The molecule has 1 aromatic heterocycles. The van der Waals surface area contributed by atoms with Crippen molar-refractivity contribution in [2.45, 2.75) is 26.7 Å². The molecule has 1 N–H and O–H groups in total. The van der Waals surface area contributed by atoms with E-state index in [1.807, 2.05) is 6.07 Å². The van der Waals surface area contributed by atoms with E-state index < -0.39 is 11.9 Å². The van der Waals surface area contributed by atoms with Gasteiger partial charge in [-0.15, -0.1) is 0 Å². The van der Waals surface area contributed by atoms with Crippen LogP contribution in [0.5, 0.6) is 11.5 Å². The van der Waals surface area contributed by atoms with Gasteiger partial charge < -0.3 is 0 Å². The molecule has 0 aliphatic rings. The second kappa shape index (κ2) is 9.56. The van der Waals surface area contributed by atoms with E-state index in [4.69, 9.17) is 21.1 Å². The first-order valence-corrected chi connectivity index (χ1v) is 9.84. The first-order valence-electron chi connectivity index (χ1n) is 7.60. The van der Waals surface area contributed by atoms with Gasteiger partial charge in [-0.2, -0.15) is 0 Å². The van der Waals surface area contributed by atoms with Crippen molar-refractivity contribution in [2.24, 2.45) is 0 Å². The van der Waals surface area contributed by atoms with E-state index in [9.17, 15) is 9.59 Å². The Hall–Kier alpha value is -1.89. The maximum absolute atomic E-state index is 11.2. The van der Waals surface area contributed by atoms with Crippen molar-refractivity contribution in [1.82, 2.24) is 10.2 Å². The van der Waals surface area contributed by atoms with Crippen LogP contribution in [-0.2, 0) is 22.4 Å². The molecule has 2 rings (SSSR count). The van der Waals surface area contributed by atoms with E-state index in [0.29, 0.717) is 18.8 Å². The van der Waals surface area contributed by atoms with E-state index in [1.54, 1.807) is 12.1 Å². The number of alkyl halides is 1.